The van der Waals surface area contributed by atoms with E-state index in [1.54, 1.807) is 27.9 Å². The van der Waals surface area contributed by atoms with Crippen LogP contribution in [0.25, 0.3) is 54.7 Å². The number of H-pyrrole nitrogens is 2. The van der Waals surface area contributed by atoms with Crippen LogP contribution in [-0.4, -0.2) is 98.8 Å². The predicted molar refractivity (Wildman–Crippen MR) is 266 cm³/mol. The molecule has 1 saturated carbocycles. The molecule has 4 N–H and O–H groups in total. The third-order valence-corrected chi connectivity index (χ3v) is 13.9. The molecule has 2 unspecified atom stereocenters. The minimum absolute atomic E-state index is 0.0378. The first kappa shape index (κ1) is 47.1. The fourth-order valence-corrected chi connectivity index (χ4v) is 10.2. The zero-order chi connectivity index (χ0) is 48.9. The molecule has 1 saturated heterocycles. The molecule has 15 nitrogen and oxygen atoms in total. The van der Waals surface area contributed by atoms with Crippen LogP contribution in [0.3, 0.4) is 0 Å². The zero-order valence-corrected chi connectivity index (χ0v) is 40.8. The summed E-state index contributed by atoms with van der Waals surface area (Å²) < 4.78 is 16.0. The minimum Gasteiger partial charge on any atom is -0.453 e. The largest absolute Gasteiger partial charge is 0.453 e. The number of aromatic nitrogens is 4. The van der Waals surface area contributed by atoms with Gasteiger partial charge in [0, 0.05) is 36.4 Å². The summed E-state index contributed by atoms with van der Waals surface area (Å²) in [5.41, 5.74) is 5.39. The molecule has 9 rings (SSSR count). The van der Waals surface area contributed by atoms with Gasteiger partial charge < -0.3 is 44.6 Å². The van der Waals surface area contributed by atoms with Crippen molar-refractivity contribution in [3.8, 4) is 11.1 Å². The number of methoxy groups -OCH3 is 2. The van der Waals surface area contributed by atoms with E-state index in [4.69, 9.17) is 24.2 Å². The average molecular weight is 935 g/mol. The predicted octanol–water partition coefficient (Wildman–Crippen LogP) is 9.58. The fraction of sp³-hybridized carbons (Fsp3) is 0.407. The highest BCUT2D eigenvalue weighted by Crippen LogP contribution is 2.44. The van der Waals surface area contributed by atoms with Gasteiger partial charge in [-0.1, -0.05) is 94.4 Å². The summed E-state index contributed by atoms with van der Waals surface area (Å²) >= 11 is 0. The number of hydrogen-bond donors (Lipinski definition) is 4. The van der Waals surface area contributed by atoms with Gasteiger partial charge in [0.05, 0.1) is 48.4 Å². The molecule has 69 heavy (non-hydrogen) atoms. The summed E-state index contributed by atoms with van der Waals surface area (Å²) in [6.07, 6.45) is -0.668. The number of benzene rings is 5. The van der Waals surface area contributed by atoms with E-state index >= 15 is 0 Å². The Balaban J connectivity index is 0.981. The fourth-order valence-electron chi connectivity index (χ4n) is 10.2. The highest BCUT2D eigenvalue weighted by atomic mass is 16.6. The Morgan fingerprint density at radius 2 is 1.42 bits per heavy atom. The van der Waals surface area contributed by atoms with Crippen molar-refractivity contribution in [1.29, 1.82) is 0 Å². The molecule has 0 spiro atoms. The molecule has 360 valence electrons. The van der Waals surface area contributed by atoms with Gasteiger partial charge in [0.1, 0.15) is 29.3 Å². The van der Waals surface area contributed by atoms with E-state index in [1.807, 2.05) is 66.1 Å². The topological polar surface area (TPSA) is 184 Å². The summed E-state index contributed by atoms with van der Waals surface area (Å²) in [6.45, 7) is 14.7. The van der Waals surface area contributed by atoms with Crippen molar-refractivity contribution in [2.24, 2.45) is 23.7 Å². The van der Waals surface area contributed by atoms with Crippen molar-refractivity contribution in [2.45, 2.75) is 91.2 Å². The van der Waals surface area contributed by atoms with Crippen LogP contribution < -0.4 is 10.6 Å². The van der Waals surface area contributed by atoms with Gasteiger partial charge in [-0.05, 0) is 96.7 Å². The zero-order valence-electron chi connectivity index (χ0n) is 40.8. The van der Waals surface area contributed by atoms with E-state index in [1.165, 1.54) is 7.11 Å². The van der Waals surface area contributed by atoms with Crippen LogP contribution in [0, 0.1) is 23.7 Å². The normalized spacial score (nSPS) is 20.1. The summed E-state index contributed by atoms with van der Waals surface area (Å²) in [4.78, 5) is 74.9. The Labute approximate surface area is 401 Å². The number of likely N-dealkylation sites (tertiary alicyclic amines) is 1. The van der Waals surface area contributed by atoms with Gasteiger partial charge in [-0.15, -0.1) is 0 Å². The number of nitrogens with zero attached hydrogens (tertiary/aromatic N) is 4. The lowest BCUT2D eigenvalue weighted by Crippen LogP contribution is -2.52. The van der Waals surface area contributed by atoms with Crippen LogP contribution in [0.2, 0.25) is 0 Å². The highest BCUT2D eigenvalue weighted by Gasteiger charge is 2.50. The van der Waals surface area contributed by atoms with Crippen molar-refractivity contribution in [1.82, 2.24) is 40.4 Å². The number of nitrogens with one attached hydrogen (secondary N) is 4. The minimum atomic E-state index is -0.971. The van der Waals surface area contributed by atoms with Crippen molar-refractivity contribution in [3.63, 3.8) is 0 Å². The summed E-state index contributed by atoms with van der Waals surface area (Å²) in [5, 5.41) is 9.71. The monoisotopic (exact) mass is 934 g/mol. The first-order valence-electron chi connectivity index (χ1n) is 23.8. The lowest BCUT2D eigenvalue weighted by molar-refractivity contribution is -0.136. The molecule has 2 aliphatic rings. The molecule has 2 fully saturated rings. The van der Waals surface area contributed by atoms with Crippen molar-refractivity contribution < 1.29 is 33.4 Å². The number of ether oxygens (including phenoxy) is 3. The first-order chi connectivity index (χ1) is 33.0. The number of aromatic amines is 2. The molecule has 1 aliphatic heterocycles. The van der Waals surface area contributed by atoms with Crippen LogP contribution in [0.5, 0.6) is 0 Å². The molecule has 2 aromatic heterocycles. The summed E-state index contributed by atoms with van der Waals surface area (Å²) in [6, 6.07) is 28.2. The van der Waals surface area contributed by atoms with Crippen LogP contribution in [-0.2, 0) is 30.3 Å². The Bertz CT molecular complexity index is 3060. The van der Waals surface area contributed by atoms with Crippen LogP contribution >= 0.6 is 0 Å². The van der Waals surface area contributed by atoms with Gasteiger partial charge in [-0.3, -0.25) is 9.59 Å². The second-order valence-electron chi connectivity index (χ2n) is 20.2. The molecular weight excluding hydrogens is 873 g/mol. The Hall–Kier alpha value is -7.00. The van der Waals surface area contributed by atoms with E-state index < -0.39 is 29.9 Å². The molecule has 5 aromatic carbocycles. The lowest BCUT2D eigenvalue weighted by atomic mass is 9.98. The van der Waals surface area contributed by atoms with E-state index in [-0.39, 0.29) is 42.3 Å². The number of alkyl carbamates (subject to hydrolysis) is 2. The molecule has 3 heterocycles. The SMILES string of the molecule is COCC1C[C@@H](c2nc3ccc4cc(-c5ccc6c(ccc7nc(CN(C(=O)[C@@H](NC(=O)OC)C(C)C)[C@@H]8C(C)[C@@H]8C)[nH]c76)c5)ccc4c3[nH]2)N(C(=O)[C@H](NC(=O)OC(C)(C)C)c2ccccc2)C1. The second kappa shape index (κ2) is 18.8. The van der Waals surface area contributed by atoms with Gasteiger partial charge >= 0.3 is 12.2 Å². The third-order valence-electron chi connectivity index (χ3n) is 13.9. The Morgan fingerprint density at radius 1 is 0.797 bits per heavy atom. The van der Waals surface area contributed by atoms with Crippen LogP contribution in [0.15, 0.2) is 91.0 Å². The molecule has 0 radical (unpaired) electrons. The standard InChI is InChI=1S/C54H62N8O7/c1-29(2)44(59-52(65)68-9)50(63)62(48-30(3)31(48)4)27-43-55-40-21-17-36-24-34(15-19-38(36)46(40)57-43)35-16-20-39-37(25-35)18-22-41-47(39)58-49(56-41)42-23-32(28-67-8)26-61(42)51(64)45(33-13-11-10-12-14-33)60-53(66)69-54(5,6)7/h10-22,24-25,29-32,42,44-45,48H,23,26-28H2,1-9H3,(H,55,57)(H,56,58)(H,59,65)(H,60,66)/t30-,31?,32?,42-,44-,45+,48-/m0/s1. The van der Waals surface area contributed by atoms with Crippen molar-refractivity contribution >= 4 is 67.6 Å². The first-order valence-corrected chi connectivity index (χ1v) is 23.8. The lowest BCUT2D eigenvalue weighted by Gasteiger charge is -2.29. The number of carbonyl (C=O) groups is 4. The van der Waals surface area contributed by atoms with Crippen molar-refractivity contribution in [2.75, 3.05) is 27.4 Å². The second-order valence-corrected chi connectivity index (χ2v) is 20.2. The molecule has 15 heteroatoms. The Morgan fingerprint density at radius 3 is 2.00 bits per heavy atom. The number of hydrogen-bond acceptors (Lipinski definition) is 9. The molecular formula is C54H62N8O7. The molecule has 0 bridgehead atoms. The van der Waals surface area contributed by atoms with Gasteiger partial charge in [0.25, 0.3) is 5.91 Å². The third kappa shape index (κ3) is 9.56. The smallest absolute Gasteiger partial charge is 0.408 e. The number of imidazole rings is 2. The van der Waals surface area contributed by atoms with E-state index in [0.29, 0.717) is 48.6 Å². The quantitative estimate of drug-likeness (QED) is 0.0875. The van der Waals surface area contributed by atoms with E-state index in [2.05, 4.69) is 83.0 Å². The summed E-state index contributed by atoms with van der Waals surface area (Å²) in [5.74, 6) is 1.52. The number of carbonyl (C=O) groups excluding carboxylic acids is 4. The maximum atomic E-state index is 14.6. The maximum Gasteiger partial charge on any atom is 0.408 e. The van der Waals surface area contributed by atoms with Crippen LogP contribution in [0.4, 0.5) is 9.59 Å². The summed E-state index contributed by atoms with van der Waals surface area (Å²) in [7, 11) is 2.96. The molecule has 4 amide bonds. The van der Waals surface area contributed by atoms with Crippen molar-refractivity contribution in [3.05, 3.63) is 108 Å². The number of amides is 4. The van der Waals surface area contributed by atoms with Crippen LogP contribution in [0.1, 0.15) is 84.2 Å². The van der Waals surface area contributed by atoms with Gasteiger partial charge in [0.2, 0.25) is 5.91 Å². The molecule has 1 aliphatic carbocycles. The highest BCUT2D eigenvalue weighted by molar-refractivity contribution is 6.07. The number of rotatable bonds is 13. The molecule has 7 aromatic rings. The number of fused-ring (bicyclic) bond motifs is 6. The van der Waals surface area contributed by atoms with E-state index in [9.17, 15) is 19.2 Å². The Kier molecular flexibility index (Phi) is 12.8. The van der Waals surface area contributed by atoms with Gasteiger partial charge in [-0.25, -0.2) is 19.6 Å². The van der Waals surface area contributed by atoms with Gasteiger partial charge in [0.15, 0.2) is 0 Å². The average Bonchev–Trinajstić information content (AvgIpc) is 3.80. The maximum absolute atomic E-state index is 14.6. The molecule has 7 atom stereocenters. The van der Waals surface area contributed by atoms with E-state index in [0.717, 1.165) is 54.7 Å². The van der Waals surface area contributed by atoms with Gasteiger partial charge in [-0.2, -0.15) is 0 Å².